The zero-order valence-electron chi connectivity index (χ0n) is 10.1. The molecule has 2 rings (SSSR count). The van der Waals surface area contributed by atoms with E-state index in [4.69, 9.17) is 5.11 Å². The van der Waals surface area contributed by atoms with Crippen LogP contribution in [-0.2, 0) is 9.59 Å². The summed E-state index contributed by atoms with van der Waals surface area (Å²) in [5.74, 6) is -2.76. The van der Waals surface area contributed by atoms with Gasteiger partial charge in [0.15, 0.2) is 5.41 Å². The number of aliphatic carboxylic acids is 1. The third kappa shape index (κ3) is 2.54. The van der Waals surface area contributed by atoms with Crippen LogP contribution in [0.2, 0.25) is 0 Å². The Kier molecular flexibility index (Phi) is 3.46. The predicted molar refractivity (Wildman–Crippen MR) is 58.3 cm³/mol. The van der Waals surface area contributed by atoms with Gasteiger partial charge in [0.1, 0.15) is 6.04 Å². The summed E-state index contributed by atoms with van der Waals surface area (Å²) in [5.41, 5.74) is -2.50. The maximum absolute atomic E-state index is 13.1. The lowest BCUT2D eigenvalue weighted by atomic mass is 9.84. The zero-order valence-corrected chi connectivity index (χ0v) is 10.1. The molecule has 2 aliphatic rings. The fraction of sp³-hybridized carbons (Fsp3) is 0.818. The summed E-state index contributed by atoms with van der Waals surface area (Å²) >= 11 is 0. The molecule has 2 fully saturated rings. The molecule has 2 unspecified atom stereocenters. The Morgan fingerprint density at radius 3 is 2.37 bits per heavy atom. The quantitative estimate of drug-likeness (QED) is 0.701. The molecule has 1 saturated carbocycles. The summed E-state index contributed by atoms with van der Waals surface area (Å²) in [6.45, 7) is -0.409. The first-order chi connectivity index (χ1) is 8.78. The minimum atomic E-state index is -4.69. The minimum absolute atomic E-state index is 0.0914. The second-order valence-corrected chi connectivity index (χ2v) is 5.13. The van der Waals surface area contributed by atoms with Gasteiger partial charge in [0.2, 0.25) is 5.91 Å². The summed E-state index contributed by atoms with van der Waals surface area (Å²) < 4.78 is 39.3. The van der Waals surface area contributed by atoms with Gasteiger partial charge in [-0.2, -0.15) is 13.2 Å². The molecule has 0 radical (unpaired) electrons. The summed E-state index contributed by atoms with van der Waals surface area (Å²) in [6, 6.07) is -1.22. The SMILES string of the molecule is O=C(O)C(NC(=O)C1(C(F)(F)F)CCNC1)C1CC1. The lowest BCUT2D eigenvalue weighted by Crippen LogP contribution is -2.56. The molecule has 1 aliphatic carbocycles. The van der Waals surface area contributed by atoms with Gasteiger partial charge in [0.05, 0.1) is 0 Å². The first kappa shape index (κ1) is 14.1. The monoisotopic (exact) mass is 280 g/mol. The normalized spacial score (nSPS) is 29.0. The third-order valence-electron chi connectivity index (χ3n) is 3.78. The first-order valence-electron chi connectivity index (χ1n) is 6.09. The number of alkyl halides is 3. The number of carboxylic acid groups (broad SMARTS) is 1. The van der Waals surface area contributed by atoms with Crippen molar-refractivity contribution < 1.29 is 27.9 Å². The van der Waals surface area contributed by atoms with E-state index >= 15 is 0 Å². The molecule has 1 saturated heterocycles. The molecule has 0 spiro atoms. The van der Waals surface area contributed by atoms with Gasteiger partial charge in [-0.15, -0.1) is 0 Å². The molecule has 108 valence electrons. The van der Waals surface area contributed by atoms with Crippen LogP contribution in [0.5, 0.6) is 0 Å². The predicted octanol–water partition coefficient (Wildman–Crippen LogP) is 0.508. The van der Waals surface area contributed by atoms with Gasteiger partial charge in [0, 0.05) is 6.54 Å². The van der Waals surface area contributed by atoms with Crippen LogP contribution < -0.4 is 10.6 Å². The van der Waals surface area contributed by atoms with Crippen LogP contribution >= 0.6 is 0 Å². The summed E-state index contributed by atoms with van der Waals surface area (Å²) in [7, 11) is 0. The van der Waals surface area contributed by atoms with Crippen LogP contribution in [0.1, 0.15) is 19.3 Å². The molecule has 2 atom stereocenters. The molecule has 1 aliphatic heterocycles. The van der Waals surface area contributed by atoms with Crippen molar-refractivity contribution in [2.24, 2.45) is 11.3 Å². The van der Waals surface area contributed by atoms with Crippen molar-refractivity contribution >= 4 is 11.9 Å². The maximum Gasteiger partial charge on any atom is 0.404 e. The van der Waals surface area contributed by atoms with Gasteiger partial charge in [-0.3, -0.25) is 4.79 Å². The molecule has 1 heterocycles. The molecule has 0 aromatic heterocycles. The van der Waals surface area contributed by atoms with Crippen molar-refractivity contribution in [1.82, 2.24) is 10.6 Å². The van der Waals surface area contributed by atoms with Gasteiger partial charge in [-0.05, 0) is 31.7 Å². The Morgan fingerprint density at radius 2 is 2.00 bits per heavy atom. The molecule has 0 aromatic rings. The molecule has 1 amide bonds. The standard InChI is InChI=1S/C11H15F3N2O3/c12-11(13,14)10(3-4-15-5-10)9(19)16-7(8(17)18)6-1-2-6/h6-7,15H,1-5H2,(H,16,19)(H,17,18). The topological polar surface area (TPSA) is 78.4 Å². The number of hydrogen-bond donors (Lipinski definition) is 3. The number of hydrogen-bond acceptors (Lipinski definition) is 3. The van der Waals surface area contributed by atoms with Gasteiger partial charge in [0.25, 0.3) is 0 Å². The van der Waals surface area contributed by atoms with Crippen molar-refractivity contribution in [3.63, 3.8) is 0 Å². The van der Waals surface area contributed by atoms with E-state index in [1.807, 2.05) is 0 Å². The second-order valence-electron chi connectivity index (χ2n) is 5.13. The zero-order chi connectivity index (χ0) is 14.3. The smallest absolute Gasteiger partial charge is 0.404 e. The lowest BCUT2D eigenvalue weighted by molar-refractivity contribution is -0.216. The Balaban J connectivity index is 2.14. The average Bonchev–Trinajstić information content (AvgIpc) is 2.98. The maximum atomic E-state index is 13.1. The van der Waals surface area contributed by atoms with Gasteiger partial charge in [-0.25, -0.2) is 4.79 Å². The Labute approximate surface area is 107 Å². The molecular formula is C11H15F3N2O3. The van der Waals surface area contributed by atoms with Crippen molar-refractivity contribution in [3.8, 4) is 0 Å². The van der Waals surface area contributed by atoms with E-state index in [-0.39, 0.29) is 18.9 Å². The molecule has 0 bridgehead atoms. The van der Waals surface area contributed by atoms with E-state index in [1.54, 1.807) is 0 Å². The number of rotatable bonds is 4. The fourth-order valence-corrected chi connectivity index (χ4v) is 2.35. The highest BCUT2D eigenvalue weighted by Crippen LogP contribution is 2.43. The highest BCUT2D eigenvalue weighted by Gasteiger charge is 2.62. The van der Waals surface area contributed by atoms with E-state index in [2.05, 4.69) is 10.6 Å². The Morgan fingerprint density at radius 1 is 1.37 bits per heavy atom. The number of halogens is 3. The van der Waals surface area contributed by atoms with E-state index in [0.29, 0.717) is 12.8 Å². The van der Waals surface area contributed by atoms with Crippen LogP contribution in [0, 0.1) is 11.3 Å². The highest BCUT2D eigenvalue weighted by molar-refractivity contribution is 5.89. The van der Waals surface area contributed by atoms with Crippen LogP contribution in [0.25, 0.3) is 0 Å². The molecule has 8 heteroatoms. The summed E-state index contributed by atoms with van der Waals surface area (Å²) in [5, 5.41) is 13.5. The van der Waals surface area contributed by atoms with Crippen molar-refractivity contribution in [2.75, 3.05) is 13.1 Å². The first-order valence-corrected chi connectivity index (χ1v) is 6.09. The average molecular weight is 280 g/mol. The number of carbonyl (C=O) groups is 2. The van der Waals surface area contributed by atoms with E-state index in [1.165, 1.54) is 0 Å². The second kappa shape index (κ2) is 4.66. The molecule has 3 N–H and O–H groups in total. The Hall–Kier alpha value is -1.31. The molecular weight excluding hydrogens is 265 g/mol. The van der Waals surface area contributed by atoms with Crippen LogP contribution in [0.3, 0.4) is 0 Å². The molecule has 19 heavy (non-hydrogen) atoms. The highest BCUT2D eigenvalue weighted by atomic mass is 19.4. The van der Waals surface area contributed by atoms with Crippen LogP contribution in [-0.4, -0.2) is 42.3 Å². The lowest BCUT2D eigenvalue weighted by Gasteiger charge is -2.30. The van der Waals surface area contributed by atoms with Gasteiger partial charge in [-0.1, -0.05) is 0 Å². The molecule has 5 nitrogen and oxygen atoms in total. The van der Waals surface area contributed by atoms with Crippen molar-refractivity contribution in [1.29, 1.82) is 0 Å². The number of nitrogens with one attached hydrogen (secondary N) is 2. The van der Waals surface area contributed by atoms with Gasteiger partial charge >= 0.3 is 12.1 Å². The fourth-order valence-electron chi connectivity index (χ4n) is 2.35. The number of amides is 1. The van der Waals surface area contributed by atoms with E-state index in [9.17, 15) is 22.8 Å². The summed E-state index contributed by atoms with van der Waals surface area (Å²) in [4.78, 5) is 22.9. The summed E-state index contributed by atoms with van der Waals surface area (Å²) in [6.07, 6.45) is -3.81. The number of carboxylic acids is 1. The van der Waals surface area contributed by atoms with Crippen LogP contribution in [0.15, 0.2) is 0 Å². The van der Waals surface area contributed by atoms with E-state index < -0.39 is 36.1 Å². The Bertz CT molecular complexity index is 387. The molecule has 0 aromatic carbocycles. The van der Waals surface area contributed by atoms with Crippen LogP contribution in [0.4, 0.5) is 13.2 Å². The van der Waals surface area contributed by atoms with E-state index in [0.717, 1.165) is 0 Å². The van der Waals surface area contributed by atoms with Crippen molar-refractivity contribution in [2.45, 2.75) is 31.5 Å². The number of carbonyl (C=O) groups excluding carboxylic acids is 1. The minimum Gasteiger partial charge on any atom is -0.480 e. The van der Waals surface area contributed by atoms with Gasteiger partial charge < -0.3 is 15.7 Å². The largest absolute Gasteiger partial charge is 0.480 e. The third-order valence-corrected chi connectivity index (χ3v) is 3.78. The van der Waals surface area contributed by atoms with Crippen molar-refractivity contribution in [3.05, 3.63) is 0 Å².